The van der Waals surface area contributed by atoms with Gasteiger partial charge in [0, 0.05) is 25.0 Å². The first-order chi connectivity index (χ1) is 16.0. The lowest BCUT2D eigenvalue weighted by Crippen LogP contribution is -2.18. The number of halogens is 2. The molecule has 0 unspecified atom stereocenters. The molecule has 11 nitrogen and oxygen atoms in total. The smallest absolute Gasteiger partial charge is 0.387 e. The SMILES string of the molecule is O=Cn1cc(NC(=O)c2cnn3cccnc23)c(-c2cc3c(cc2OC(F)F)NCCO3)n1. The van der Waals surface area contributed by atoms with Gasteiger partial charge in [0.1, 0.15) is 29.4 Å². The molecule has 4 heterocycles. The van der Waals surface area contributed by atoms with E-state index in [9.17, 15) is 18.4 Å². The van der Waals surface area contributed by atoms with E-state index in [-0.39, 0.29) is 28.3 Å². The first-order valence-electron chi connectivity index (χ1n) is 9.67. The fraction of sp³-hybridized carbons (Fsp3) is 0.150. The fourth-order valence-corrected chi connectivity index (χ4v) is 3.46. The number of aromatic nitrogens is 5. The van der Waals surface area contributed by atoms with Crippen molar-refractivity contribution in [1.82, 2.24) is 24.4 Å². The molecule has 0 radical (unpaired) electrons. The average Bonchev–Trinajstić information content (AvgIpc) is 3.42. The largest absolute Gasteiger partial charge is 0.490 e. The second-order valence-corrected chi connectivity index (χ2v) is 6.88. The zero-order chi connectivity index (χ0) is 22.9. The zero-order valence-corrected chi connectivity index (χ0v) is 16.7. The highest BCUT2D eigenvalue weighted by Gasteiger charge is 2.24. The van der Waals surface area contributed by atoms with Crippen molar-refractivity contribution in [3.05, 3.63) is 48.5 Å². The van der Waals surface area contributed by atoms with E-state index in [1.165, 1.54) is 35.2 Å². The summed E-state index contributed by atoms with van der Waals surface area (Å²) in [6.45, 7) is -2.24. The number of nitrogens with one attached hydrogen (secondary N) is 2. The van der Waals surface area contributed by atoms with E-state index in [1.807, 2.05) is 0 Å². The Morgan fingerprint density at radius 1 is 1.36 bits per heavy atom. The Labute approximate surface area is 183 Å². The summed E-state index contributed by atoms with van der Waals surface area (Å²) in [4.78, 5) is 28.5. The highest BCUT2D eigenvalue weighted by atomic mass is 19.3. The Morgan fingerprint density at radius 3 is 3.06 bits per heavy atom. The van der Waals surface area contributed by atoms with E-state index >= 15 is 0 Å². The van der Waals surface area contributed by atoms with Crippen molar-refractivity contribution in [2.75, 3.05) is 23.8 Å². The van der Waals surface area contributed by atoms with Gasteiger partial charge in [0.05, 0.1) is 29.3 Å². The van der Waals surface area contributed by atoms with Gasteiger partial charge in [-0.05, 0) is 12.1 Å². The van der Waals surface area contributed by atoms with Crippen LogP contribution in [-0.4, -0.2) is 56.5 Å². The molecule has 0 atom stereocenters. The van der Waals surface area contributed by atoms with Crippen LogP contribution in [0.3, 0.4) is 0 Å². The number of benzene rings is 1. The van der Waals surface area contributed by atoms with Crippen LogP contribution < -0.4 is 20.1 Å². The number of hydrogen-bond donors (Lipinski definition) is 2. The predicted octanol–water partition coefficient (Wildman–Crippen LogP) is 2.29. The molecular formula is C20H15F2N7O4. The molecule has 5 rings (SSSR count). The highest BCUT2D eigenvalue weighted by molar-refractivity contribution is 6.09. The van der Waals surface area contributed by atoms with E-state index in [2.05, 4.69) is 25.8 Å². The van der Waals surface area contributed by atoms with Gasteiger partial charge in [0.25, 0.3) is 5.91 Å². The van der Waals surface area contributed by atoms with Crippen LogP contribution in [0.25, 0.3) is 16.9 Å². The van der Waals surface area contributed by atoms with Crippen LogP contribution in [-0.2, 0) is 4.79 Å². The van der Waals surface area contributed by atoms with Crippen LogP contribution in [0, 0.1) is 0 Å². The van der Waals surface area contributed by atoms with Crippen molar-refractivity contribution in [2.45, 2.75) is 6.61 Å². The highest BCUT2D eigenvalue weighted by Crippen LogP contribution is 2.42. The third kappa shape index (κ3) is 3.79. The fourth-order valence-electron chi connectivity index (χ4n) is 3.46. The van der Waals surface area contributed by atoms with Crippen molar-refractivity contribution >= 4 is 29.3 Å². The number of nitrogens with zero attached hydrogens (tertiary/aromatic N) is 5. The van der Waals surface area contributed by atoms with E-state index in [1.54, 1.807) is 12.3 Å². The number of anilines is 2. The summed E-state index contributed by atoms with van der Waals surface area (Å²) in [7, 11) is 0. The molecule has 13 heteroatoms. The summed E-state index contributed by atoms with van der Waals surface area (Å²) in [6.07, 6.45) is 6.14. The second-order valence-electron chi connectivity index (χ2n) is 6.88. The Kier molecular flexibility index (Phi) is 5.05. The van der Waals surface area contributed by atoms with Crippen molar-refractivity contribution in [1.29, 1.82) is 0 Å². The van der Waals surface area contributed by atoms with Crippen molar-refractivity contribution in [3.63, 3.8) is 0 Å². The van der Waals surface area contributed by atoms with E-state index in [0.29, 0.717) is 36.6 Å². The minimum absolute atomic E-state index is 0.0347. The lowest BCUT2D eigenvalue weighted by atomic mass is 10.1. The summed E-state index contributed by atoms with van der Waals surface area (Å²) in [5.41, 5.74) is 1.18. The van der Waals surface area contributed by atoms with Gasteiger partial charge < -0.3 is 20.1 Å². The van der Waals surface area contributed by atoms with Crippen LogP contribution in [0.4, 0.5) is 20.2 Å². The molecule has 0 saturated carbocycles. The van der Waals surface area contributed by atoms with Crippen LogP contribution in [0.2, 0.25) is 0 Å². The first kappa shape index (κ1) is 20.4. The molecule has 1 aromatic carbocycles. The normalized spacial score (nSPS) is 12.7. The van der Waals surface area contributed by atoms with Crippen LogP contribution in [0.5, 0.6) is 11.5 Å². The summed E-state index contributed by atoms with van der Waals surface area (Å²) in [5, 5.41) is 13.9. The van der Waals surface area contributed by atoms with Gasteiger partial charge >= 0.3 is 6.61 Å². The number of rotatable bonds is 6. The van der Waals surface area contributed by atoms with E-state index < -0.39 is 12.5 Å². The molecule has 0 aliphatic carbocycles. The number of amides is 1. The Hall–Kier alpha value is -4.55. The van der Waals surface area contributed by atoms with Crippen molar-refractivity contribution in [3.8, 4) is 22.8 Å². The van der Waals surface area contributed by atoms with Gasteiger partial charge in [-0.1, -0.05) is 0 Å². The molecule has 0 bridgehead atoms. The van der Waals surface area contributed by atoms with Crippen molar-refractivity contribution in [2.24, 2.45) is 0 Å². The molecule has 3 aromatic heterocycles. The summed E-state index contributed by atoms with van der Waals surface area (Å²) < 4.78 is 38.9. The Balaban J connectivity index is 1.58. The summed E-state index contributed by atoms with van der Waals surface area (Å²) in [5.74, 6) is -0.392. The third-order valence-electron chi connectivity index (χ3n) is 4.84. The van der Waals surface area contributed by atoms with Gasteiger partial charge in [-0.2, -0.15) is 19.0 Å². The van der Waals surface area contributed by atoms with Crippen molar-refractivity contribution < 1.29 is 27.8 Å². The zero-order valence-electron chi connectivity index (χ0n) is 16.7. The Morgan fingerprint density at radius 2 is 2.24 bits per heavy atom. The number of alkyl halides is 2. The van der Waals surface area contributed by atoms with E-state index in [0.717, 1.165) is 4.68 Å². The first-order valence-corrected chi connectivity index (χ1v) is 9.67. The van der Waals surface area contributed by atoms with Gasteiger partial charge in [-0.15, -0.1) is 0 Å². The quantitative estimate of drug-likeness (QED) is 0.425. The molecule has 0 saturated heterocycles. The van der Waals surface area contributed by atoms with Gasteiger partial charge in [0.2, 0.25) is 6.41 Å². The summed E-state index contributed by atoms with van der Waals surface area (Å²) in [6, 6.07) is 4.48. The number of carbonyl (C=O) groups is 2. The molecule has 33 heavy (non-hydrogen) atoms. The maximum Gasteiger partial charge on any atom is 0.387 e. The standard InChI is InChI=1S/C20H15F2N7O4/c21-20(22)33-15-7-13-16(32-5-3-23-13)6-11(15)17-14(9-28(10-30)27-17)26-19(31)12-8-25-29-4-1-2-24-18(12)29/h1-2,4,6-10,20,23H,3,5H2,(H,26,31). The topological polar surface area (TPSA) is 125 Å². The second kappa shape index (κ2) is 8.18. The average molecular weight is 455 g/mol. The van der Waals surface area contributed by atoms with Crippen LogP contribution in [0.1, 0.15) is 10.4 Å². The van der Waals surface area contributed by atoms with E-state index in [4.69, 9.17) is 9.47 Å². The lowest BCUT2D eigenvalue weighted by molar-refractivity contribution is -0.0494. The van der Waals surface area contributed by atoms with Crippen LogP contribution >= 0.6 is 0 Å². The summed E-state index contributed by atoms with van der Waals surface area (Å²) >= 11 is 0. The number of fused-ring (bicyclic) bond motifs is 2. The lowest BCUT2D eigenvalue weighted by Gasteiger charge is -2.21. The third-order valence-corrected chi connectivity index (χ3v) is 4.84. The molecule has 2 N–H and O–H groups in total. The predicted molar refractivity (Wildman–Crippen MR) is 111 cm³/mol. The minimum Gasteiger partial charge on any atom is -0.490 e. The number of ether oxygens (including phenoxy) is 2. The maximum absolute atomic E-state index is 13.1. The minimum atomic E-state index is -3.11. The molecule has 0 fully saturated rings. The molecular weight excluding hydrogens is 440 g/mol. The molecule has 0 spiro atoms. The van der Waals surface area contributed by atoms with Crippen LogP contribution in [0.15, 0.2) is 43.0 Å². The van der Waals surface area contributed by atoms with Gasteiger partial charge in [0.15, 0.2) is 5.65 Å². The molecule has 4 aromatic rings. The molecule has 1 aliphatic heterocycles. The monoisotopic (exact) mass is 455 g/mol. The Bertz CT molecular complexity index is 1370. The number of hydrogen-bond acceptors (Lipinski definition) is 8. The molecule has 1 amide bonds. The maximum atomic E-state index is 13.1. The van der Waals surface area contributed by atoms with Gasteiger partial charge in [-0.3, -0.25) is 9.59 Å². The number of carbonyl (C=O) groups excluding carboxylic acids is 2. The molecule has 168 valence electrons. The van der Waals surface area contributed by atoms with Gasteiger partial charge in [-0.25, -0.2) is 14.2 Å². The molecule has 1 aliphatic rings.